The molecule has 2 amide bonds. The summed E-state index contributed by atoms with van der Waals surface area (Å²) in [7, 11) is 0. The van der Waals surface area contributed by atoms with Crippen molar-refractivity contribution in [2.24, 2.45) is 0 Å². The Morgan fingerprint density at radius 2 is 2.54 bits per heavy atom. The lowest BCUT2D eigenvalue weighted by atomic mass is 10.3. The lowest BCUT2D eigenvalue weighted by Gasteiger charge is -2.25. The van der Waals surface area contributed by atoms with Crippen LogP contribution in [0.4, 0.5) is 10.6 Å². The van der Waals surface area contributed by atoms with Crippen LogP contribution >= 0.6 is 11.9 Å². The highest BCUT2D eigenvalue weighted by Gasteiger charge is 2.24. The molecule has 0 saturated heterocycles. The Bertz CT molecular complexity index is 343. The van der Waals surface area contributed by atoms with Gasteiger partial charge in [0.15, 0.2) is 5.82 Å². The number of carbonyl (C=O) groups excluding carboxylic acids is 1. The maximum atomic E-state index is 11.3. The standard InChI is InChI=1S/C7H8N4OS/c1-13-11-6-5(2-8-4-10-6)3-9-7(11)12/h2,4H,3H2,1H3,(H,9,12). The molecule has 0 bridgehead atoms. The number of carbonyl (C=O) groups is 1. The number of anilines is 1. The Balaban J connectivity index is 2.45. The largest absolute Gasteiger partial charge is 0.333 e. The Kier molecular flexibility index (Phi) is 2.05. The van der Waals surface area contributed by atoms with Crippen LogP contribution in [0.5, 0.6) is 0 Å². The minimum Gasteiger partial charge on any atom is -0.333 e. The van der Waals surface area contributed by atoms with E-state index in [9.17, 15) is 4.79 Å². The Morgan fingerprint density at radius 3 is 3.31 bits per heavy atom. The Labute approximate surface area is 79.7 Å². The summed E-state index contributed by atoms with van der Waals surface area (Å²) in [6.07, 6.45) is 4.99. The van der Waals surface area contributed by atoms with Crippen molar-refractivity contribution in [2.45, 2.75) is 6.54 Å². The quantitative estimate of drug-likeness (QED) is 0.674. The van der Waals surface area contributed by atoms with Gasteiger partial charge in [0.25, 0.3) is 0 Å². The first kappa shape index (κ1) is 8.31. The van der Waals surface area contributed by atoms with Crippen LogP contribution in [0.2, 0.25) is 0 Å². The predicted octanol–water partition coefficient (Wildman–Crippen LogP) is 0.784. The summed E-state index contributed by atoms with van der Waals surface area (Å²) in [6.45, 7) is 0.506. The van der Waals surface area contributed by atoms with Crippen molar-refractivity contribution < 1.29 is 4.79 Å². The minimum atomic E-state index is -0.126. The molecule has 0 atom stereocenters. The third-order valence-corrected chi connectivity index (χ3v) is 2.46. The lowest BCUT2D eigenvalue weighted by molar-refractivity contribution is 0.248. The van der Waals surface area contributed by atoms with Crippen molar-refractivity contribution in [3.63, 3.8) is 0 Å². The fraction of sp³-hybridized carbons (Fsp3) is 0.286. The molecule has 5 nitrogen and oxygen atoms in total. The first-order valence-electron chi connectivity index (χ1n) is 3.74. The van der Waals surface area contributed by atoms with Crippen molar-refractivity contribution in [1.82, 2.24) is 15.3 Å². The van der Waals surface area contributed by atoms with Crippen LogP contribution in [0.25, 0.3) is 0 Å². The van der Waals surface area contributed by atoms with Crippen molar-refractivity contribution in [2.75, 3.05) is 10.6 Å². The van der Waals surface area contributed by atoms with Crippen LogP contribution in [-0.4, -0.2) is 22.3 Å². The fourth-order valence-corrected chi connectivity index (χ4v) is 1.74. The van der Waals surface area contributed by atoms with Crippen LogP contribution in [0.1, 0.15) is 5.56 Å². The van der Waals surface area contributed by atoms with E-state index in [1.165, 1.54) is 22.6 Å². The Hall–Kier alpha value is -1.30. The molecule has 0 fully saturated rings. The number of nitrogens with zero attached hydrogens (tertiary/aromatic N) is 3. The van der Waals surface area contributed by atoms with Gasteiger partial charge in [-0.05, 0) is 11.9 Å². The molecule has 1 aromatic heterocycles. The minimum absolute atomic E-state index is 0.126. The molecule has 6 heteroatoms. The van der Waals surface area contributed by atoms with E-state index in [4.69, 9.17) is 0 Å². The highest BCUT2D eigenvalue weighted by molar-refractivity contribution is 8.00. The first-order valence-corrected chi connectivity index (χ1v) is 4.92. The molecule has 68 valence electrons. The average molecular weight is 196 g/mol. The molecule has 13 heavy (non-hydrogen) atoms. The summed E-state index contributed by atoms with van der Waals surface area (Å²) < 4.78 is 1.51. The maximum Gasteiger partial charge on any atom is 0.333 e. The molecule has 1 aliphatic rings. The van der Waals surface area contributed by atoms with Crippen LogP contribution in [0.15, 0.2) is 12.5 Å². The van der Waals surface area contributed by atoms with Gasteiger partial charge in [-0.15, -0.1) is 0 Å². The number of amides is 2. The molecular formula is C7H8N4OS. The van der Waals surface area contributed by atoms with Gasteiger partial charge >= 0.3 is 6.03 Å². The van der Waals surface area contributed by atoms with E-state index in [1.54, 1.807) is 6.20 Å². The van der Waals surface area contributed by atoms with Crippen molar-refractivity contribution in [3.05, 3.63) is 18.1 Å². The number of fused-ring (bicyclic) bond motifs is 1. The zero-order valence-corrected chi connectivity index (χ0v) is 7.84. The first-order chi connectivity index (χ1) is 6.33. The maximum absolute atomic E-state index is 11.3. The van der Waals surface area contributed by atoms with E-state index in [2.05, 4.69) is 15.3 Å². The SMILES string of the molecule is CSN1C(=O)NCc2cncnc21. The fourth-order valence-electron chi connectivity index (χ4n) is 1.17. The van der Waals surface area contributed by atoms with Gasteiger partial charge in [0.1, 0.15) is 6.33 Å². The molecule has 0 aliphatic carbocycles. The van der Waals surface area contributed by atoms with Crippen LogP contribution in [-0.2, 0) is 6.54 Å². The van der Waals surface area contributed by atoms with Crippen LogP contribution < -0.4 is 9.62 Å². The third kappa shape index (κ3) is 1.33. The number of rotatable bonds is 1. The smallest absolute Gasteiger partial charge is 0.333 e. The van der Waals surface area contributed by atoms with Gasteiger partial charge < -0.3 is 5.32 Å². The van der Waals surface area contributed by atoms with Crippen molar-refractivity contribution in [1.29, 1.82) is 0 Å². The summed E-state index contributed by atoms with van der Waals surface area (Å²) >= 11 is 1.33. The van der Waals surface area contributed by atoms with E-state index in [1.807, 2.05) is 6.26 Å². The second-order valence-corrected chi connectivity index (χ2v) is 3.24. The van der Waals surface area contributed by atoms with Crippen LogP contribution in [0, 0.1) is 0 Å². The average Bonchev–Trinajstić information content (AvgIpc) is 2.18. The van der Waals surface area contributed by atoms with Gasteiger partial charge in [-0.3, -0.25) is 0 Å². The highest BCUT2D eigenvalue weighted by atomic mass is 32.2. The second kappa shape index (κ2) is 3.21. The summed E-state index contributed by atoms with van der Waals surface area (Å²) in [6, 6.07) is -0.126. The highest BCUT2D eigenvalue weighted by Crippen LogP contribution is 2.24. The van der Waals surface area contributed by atoms with Gasteiger partial charge in [-0.2, -0.15) is 0 Å². The summed E-state index contributed by atoms with van der Waals surface area (Å²) in [5, 5.41) is 2.73. The van der Waals surface area contributed by atoms with E-state index in [0.717, 1.165) is 5.56 Å². The summed E-state index contributed by atoms with van der Waals surface area (Å²) in [5.74, 6) is 0.686. The summed E-state index contributed by atoms with van der Waals surface area (Å²) in [5.41, 5.74) is 0.941. The van der Waals surface area contributed by atoms with Gasteiger partial charge in [-0.1, -0.05) is 0 Å². The number of hydrogen-bond donors (Lipinski definition) is 1. The number of hydrogen-bond acceptors (Lipinski definition) is 4. The molecule has 0 radical (unpaired) electrons. The topological polar surface area (TPSA) is 58.1 Å². The van der Waals surface area contributed by atoms with Crippen molar-refractivity contribution in [3.8, 4) is 0 Å². The molecule has 2 rings (SSSR count). The van der Waals surface area contributed by atoms with Gasteiger partial charge in [-0.25, -0.2) is 19.1 Å². The van der Waals surface area contributed by atoms with Gasteiger partial charge in [0, 0.05) is 24.6 Å². The van der Waals surface area contributed by atoms with E-state index >= 15 is 0 Å². The lowest BCUT2D eigenvalue weighted by Crippen LogP contribution is -2.40. The molecule has 2 heterocycles. The molecule has 0 aromatic carbocycles. The molecule has 1 N–H and O–H groups in total. The Morgan fingerprint density at radius 1 is 1.69 bits per heavy atom. The number of urea groups is 1. The van der Waals surface area contributed by atoms with Crippen molar-refractivity contribution >= 4 is 23.8 Å². The molecule has 0 saturated carbocycles. The third-order valence-electron chi connectivity index (χ3n) is 1.75. The molecule has 1 aromatic rings. The second-order valence-electron chi connectivity index (χ2n) is 2.51. The van der Waals surface area contributed by atoms with E-state index in [-0.39, 0.29) is 6.03 Å². The predicted molar refractivity (Wildman–Crippen MR) is 50.3 cm³/mol. The van der Waals surface area contributed by atoms with E-state index < -0.39 is 0 Å². The summed E-state index contributed by atoms with van der Waals surface area (Å²) in [4.78, 5) is 19.3. The molecule has 0 spiro atoms. The zero-order valence-electron chi connectivity index (χ0n) is 7.02. The molecular weight excluding hydrogens is 188 g/mol. The zero-order chi connectivity index (χ0) is 9.26. The van der Waals surface area contributed by atoms with Gasteiger partial charge in [0.05, 0.1) is 0 Å². The molecule has 1 aliphatic heterocycles. The molecule has 0 unspecified atom stereocenters. The monoisotopic (exact) mass is 196 g/mol. The van der Waals surface area contributed by atoms with E-state index in [0.29, 0.717) is 12.4 Å². The normalized spacial score (nSPS) is 15.2. The van der Waals surface area contributed by atoms with Crippen LogP contribution in [0.3, 0.4) is 0 Å². The van der Waals surface area contributed by atoms with Gasteiger partial charge in [0.2, 0.25) is 0 Å². The number of nitrogens with one attached hydrogen (secondary N) is 1. The number of aromatic nitrogens is 2.